The summed E-state index contributed by atoms with van der Waals surface area (Å²) in [5, 5.41) is 9.98. The minimum absolute atomic E-state index is 0.265. The molecule has 1 N–H and O–H groups in total. The van der Waals surface area contributed by atoms with Crippen molar-refractivity contribution in [2.45, 2.75) is 57.5 Å². The van der Waals surface area contributed by atoms with Gasteiger partial charge in [0.05, 0.1) is 14.2 Å². The van der Waals surface area contributed by atoms with Gasteiger partial charge in [0, 0.05) is 0 Å². The Balaban J connectivity index is 4.88. The van der Waals surface area contributed by atoms with E-state index in [-0.39, 0.29) is 11.6 Å². The molecule has 0 bridgehead atoms. The van der Waals surface area contributed by atoms with Crippen LogP contribution in [0.5, 0.6) is 0 Å². The monoisotopic (exact) mass is 200 g/mol. The molecular formula is C11H24OSi. The van der Waals surface area contributed by atoms with Crippen molar-refractivity contribution in [2.75, 3.05) is 0 Å². The lowest BCUT2D eigenvalue weighted by molar-refractivity contribution is 0.194. The molecule has 2 unspecified atom stereocenters. The lowest BCUT2D eigenvalue weighted by Crippen LogP contribution is -2.45. The topological polar surface area (TPSA) is 20.2 Å². The second-order valence-electron chi connectivity index (χ2n) is 5.47. The molecule has 0 amide bonds. The molecular weight excluding hydrogens is 176 g/mol. The maximum absolute atomic E-state index is 9.67. The van der Waals surface area contributed by atoms with Gasteiger partial charge in [0.2, 0.25) is 0 Å². The molecule has 13 heavy (non-hydrogen) atoms. The number of hydrogen-bond donors (Lipinski definition) is 1. The van der Waals surface area contributed by atoms with E-state index in [1.165, 1.54) is 0 Å². The van der Waals surface area contributed by atoms with Crippen molar-refractivity contribution in [1.82, 2.24) is 0 Å². The predicted octanol–water partition coefficient (Wildman–Crippen LogP) is 3.43. The number of aliphatic hydroxyl groups is 1. The van der Waals surface area contributed by atoms with E-state index in [0.717, 1.165) is 0 Å². The molecule has 0 aliphatic heterocycles. The average molecular weight is 200 g/mol. The molecule has 0 radical (unpaired) electrons. The number of hydrogen-bond acceptors (Lipinski definition) is 1. The standard InChI is InChI=1S/C11H24OSi/c1-8-10(9(2)12)13(6,7)11(3,4)5/h8-10,12H,1H2,2-7H3. The average Bonchev–Trinajstić information content (AvgIpc) is 1.83. The third-order valence-electron chi connectivity index (χ3n) is 3.54. The van der Waals surface area contributed by atoms with Gasteiger partial charge in [-0.25, -0.2) is 0 Å². The third kappa shape index (κ3) is 2.68. The first kappa shape index (κ1) is 12.9. The van der Waals surface area contributed by atoms with Gasteiger partial charge in [-0.15, -0.1) is 6.58 Å². The normalized spacial score (nSPS) is 18.1. The fourth-order valence-electron chi connectivity index (χ4n) is 1.59. The fraction of sp³-hybridized carbons (Fsp3) is 0.818. The van der Waals surface area contributed by atoms with Crippen molar-refractivity contribution in [3.63, 3.8) is 0 Å². The van der Waals surface area contributed by atoms with Crippen LogP contribution < -0.4 is 0 Å². The van der Waals surface area contributed by atoms with Crippen LogP contribution in [0, 0.1) is 0 Å². The Labute approximate surface area is 83.9 Å². The van der Waals surface area contributed by atoms with Crippen LogP contribution in [0.25, 0.3) is 0 Å². The van der Waals surface area contributed by atoms with E-state index < -0.39 is 8.07 Å². The van der Waals surface area contributed by atoms with Crippen LogP contribution >= 0.6 is 0 Å². The predicted molar refractivity (Wildman–Crippen MR) is 62.8 cm³/mol. The zero-order chi connectivity index (χ0) is 10.9. The highest BCUT2D eigenvalue weighted by Crippen LogP contribution is 2.45. The zero-order valence-corrected chi connectivity index (χ0v) is 10.9. The summed E-state index contributed by atoms with van der Waals surface area (Å²) in [7, 11) is -1.47. The summed E-state index contributed by atoms with van der Waals surface area (Å²) >= 11 is 0. The second-order valence-corrected chi connectivity index (χ2v) is 11.1. The minimum Gasteiger partial charge on any atom is -0.393 e. The number of aliphatic hydroxyl groups excluding tert-OH is 1. The molecule has 1 nitrogen and oxygen atoms in total. The van der Waals surface area contributed by atoms with Crippen molar-refractivity contribution in [2.24, 2.45) is 0 Å². The molecule has 0 heterocycles. The first-order valence-electron chi connectivity index (χ1n) is 4.95. The molecule has 0 fully saturated rings. The Kier molecular flexibility index (Phi) is 3.94. The lowest BCUT2D eigenvalue weighted by Gasteiger charge is -2.43. The van der Waals surface area contributed by atoms with Gasteiger partial charge in [0.1, 0.15) is 0 Å². The largest absolute Gasteiger partial charge is 0.393 e. The highest BCUT2D eigenvalue weighted by atomic mass is 28.3. The van der Waals surface area contributed by atoms with Crippen LogP contribution in [0.3, 0.4) is 0 Å². The maximum Gasteiger partial charge on any atom is 0.0629 e. The van der Waals surface area contributed by atoms with Crippen LogP contribution in [-0.2, 0) is 0 Å². The SMILES string of the molecule is C=CC(C(C)O)[Si](C)(C)C(C)(C)C. The summed E-state index contributed by atoms with van der Waals surface area (Å²) in [6, 6.07) is 0. The van der Waals surface area contributed by atoms with Crippen LogP contribution in [0.15, 0.2) is 12.7 Å². The van der Waals surface area contributed by atoms with Gasteiger partial charge >= 0.3 is 0 Å². The highest BCUT2D eigenvalue weighted by Gasteiger charge is 2.42. The van der Waals surface area contributed by atoms with Gasteiger partial charge < -0.3 is 5.11 Å². The molecule has 2 heteroatoms. The van der Waals surface area contributed by atoms with Gasteiger partial charge in [0.15, 0.2) is 0 Å². The van der Waals surface area contributed by atoms with E-state index >= 15 is 0 Å². The molecule has 0 aliphatic carbocycles. The number of rotatable bonds is 3. The highest BCUT2D eigenvalue weighted by molar-refractivity contribution is 6.82. The van der Waals surface area contributed by atoms with E-state index in [1.807, 2.05) is 13.0 Å². The molecule has 2 atom stereocenters. The van der Waals surface area contributed by atoms with E-state index in [4.69, 9.17) is 0 Å². The molecule has 0 saturated heterocycles. The molecule has 0 aromatic rings. The van der Waals surface area contributed by atoms with E-state index in [9.17, 15) is 5.11 Å². The van der Waals surface area contributed by atoms with Crippen molar-refractivity contribution in [3.8, 4) is 0 Å². The first-order chi connectivity index (χ1) is 5.64. The van der Waals surface area contributed by atoms with Crippen molar-refractivity contribution in [3.05, 3.63) is 12.7 Å². The maximum atomic E-state index is 9.67. The Bertz CT molecular complexity index is 177. The molecule has 0 aromatic heterocycles. The first-order valence-corrected chi connectivity index (χ1v) is 8.03. The summed E-state index contributed by atoms with van der Waals surface area (Å²) in [6.07, 6.45) is 1.67. The Morgan fingerprint density at radius 2 is 1.69 bits per heavy atom. The van der Waals surface area contributed by atoms with Gasteiger partial charge in [-0.05, 0) is 17.5 Å². The lowest BCUT2D eigenvalue weighted by atomic mass is 10.2. The second kappa shape index (κ2) is 3.97. The molecule has 0 aliphatic rings. The van der Waals surface area contributed by atoms with E-state index in [2.05, 4.69) is 40.4 Å². The van der Waals surface area contributed by atoms with Crippen LogP contribution in [0.1, 0.15) is 27.7 Å². The van der Waals surface area contributed by atoms with Gasteiger partial charge in [-0.2, -0.15) is 0 Å². The zero-order valence-electron chi connectivity index (χ0n) is 9.89. The summed E-state index contributed by atoms with van der Waals surface area (Å²) in [5.74, 6) is 0. The van der Waals surface area contributed by atoms with Gasteiger partial charge in [-0.3, -0.25) is 0 Å². The Morgan fingerprint density at radius 3 is 1.77 bits per heavy atom. The Hall–Kier alpha value is -0.0831. The van der Waals surface area contributed by atoms with Gasteiger partial charge in [-0.1, -0.05) is 39.9 Å². The van der Waals surface area contributed by atoms with Crippen LogP contribution in [0.4, 0.5) is 0 Å². The van der Waals surface area contributed by atoms with Gasteiger partial charge in [0.25, 0.3) is 0 Å². The smallest absolute Gasteiger partial charge is 0.0629 e. The van der Waals surface area contributed by atoms with E-state index in [1.54, 1.807) is 0 Å². The third-order valence-corrected chi connectivity index (χ3v) is 9.79. The molecule has 0 saturated carbocycles. The summed E-state index contributed by atoms with van der Waals surface area (Å²) in [5.41, 5.74) is 0.285. The van der Waals surface area contributed by atoms with E-state index in [0.29, 0.717) is 5.04 Å². The minimum atomic E-state index is -1.47. The van der Waals surface area contributed by atoms with Crippen LogP contribution in [0.2, 0.25) is 23.7 Å². The van der Waals surface area contributed by atoms with Crippen LogP contribution in [-0.4, -0.2) is 19.3 Å². The molecule has 0 aromatic carbocycles. The molecule has 0 spiro atoms. The molecule has 0 rings (SSSR count). The van der Waals surface area contributed by atoms with Crippen molar-refractivity contribution >= 4 is 8.07 Å². The quantitative estimate of drug-likeness (QED) is 0.546. The fourth-order valence-corrected chi connectivity index (χ4v) is 4.39. The summed E-state index contributed by atoms with van der Waals surface area (Å²) < 4.78 is 0. The van der Waals surface area contributed by atoms with Crippen molar-refractivity contribution in [1.29, 1.82) is 0 Å². The Morgan fingerprint density at radius 1 is 1.31 bits per heavy atom. The summed E-state index contributed by atoms with van der Waals surface area (Å²) in [4.78, 5) is 0. The molecule has 78 valence electrons. The summed E-state index contributed by atoms with van der Waals surface area (Å²) in [6.45, 7) is 17.1. The van der Waals surface area contributed by atoms with Crippen molar-refractivity contribution < 1.29 is 5.11 Å².